The van der Waals surface area contributed by atoms with Gasteiger partial charge < -0.3 is 37.1 Å². The van der Waals surface area contributed by atoms with Gasteiger partial charge in [0.2, 0.25) is 29.5 Å². The van der Waals surface area contributed by atoms with Crippen molar-refractivity contribution in [1.82, 2.24) is 48.8 Å². The quantitative estimate of drug-likeness (QED) is 0.0556. The van der Waals surface area contributed by atoms with Gasteiger partial charge in [0.1, 0.15) is 47.5 Å². The number of fused-ring (bicyclic) bond motifs is 4. The molecule has 13 rings (SSSR count). The summed E-state index contributed by atoms with van der Waals surface area (Å²) in [7, 11) is 1.42. The summed E-state index contributed by atoms with van der Waals surface area (Å²) in [5.74, 6) is 0.704. The molecule has 2 saturated heterocycles. The van der Waals surface area contributed by atoms with Crippen molar-refractivity contribution in [3.63, 3.8) is 0 Å². The first-order valence-corrected chi connectivity index (χ1v) is 32.2. The van der Waals surface area contributed by atoms with Gasteiger partial charge in [0.15, 0.2) is 11.6 Å². The van der Waals surface area contributed by atoms with Gasteiger partial charge in [-0.1, -0.05) is 61.7 Å². The Labute approximate surface area is 562 Å². The van der Waals surface area contributed by atoms with Gasteiger partial charge in [0.05, 0.1) is 66.7 Å². The van der Waals surface area contributed by atoms with Gasteiger partial charge in [-0.2, -0.15) is 0 Å². The number of aryl methyl sites for hydroxylation is 4. The monoisotopic (exact) mass is 1330 g/mol. The Bertz CT molecular complexity index is 5000. The van der Waals surface area contributed by atoms with Crippen LogP contribution >= 0.6 is 0 Å². The Balaban J connectivity index is 0.000000142. The summed E-state index contributed by atoms with van der Waals surface area (Å²) in [4.78, 5) is 155. The SMILES string of the molecule is C=C1CCC(n2c(C)nc3cccc(NC(=O)C4CC4)c3c2=O)C(=O)N1.C=C1CCC(n2c(C)nc3cccc(NC(=O)COC)c3c2=O)C(=O)C1.C=C1CCC(n2c(C)nc3cccc(NC(C)=O)c3c2=O)C(=O)N1.C=C1CC[C@@](C)(n2c(C)nc3cccc(N)c3c2=O)C(=O)C1. The molecule has 0 bridgehead atoms. The van der Waals surface area contributed by atoms with E-state index < -0.39 is 23.7 Å². The Hall–Kier alpha value is -11.2. The van der Waals surface area contributed by atoms with Crippen LogP contribution in [0.3, 0.4) is 0 Å². The Morgan fingerprint density at radius 3 is 1.43 bits per heavy atom. The predicted octanol–water partition coefficient (Wildman–Crippen LogP) is 8.10. The summed E-state index contributed by atoms with van der Waals surface area (Å²) in [5.41, 5.74) is 10.6. The summed E-state index contributed by atoms with van der Waals surface area (Å²) in [6.07, 6.45) is 7.07. The zero-order valence-electron chi connectivity index (χ0n) is 55.8. The molecular formula is C72H78N14O12. The van der Waals surface area contributed by atoms with Crippen molar-refractivity contribution in [2.45, 2.75) is 142 Å². The molecule has 5 fully saturated rings. The number of ketones is 2. The molecule has 8 aromatic rings. The van der Waals surface area contributed by atoms with Crippen molar-refractivity contribution in [1.29, 1.82) is 0 Å². The van der Waals surface area contributed by atoms with E-state index >= 15 is 0 Å². The van der Waals surface area contributed by atoms with Crippen LogP contribution in [0.2, 0.25) is 0 Å². The predicted molar refractivity (Wildman–Crippen MR) is 373 cm³/mol. The number of nitrogen functional groups attached to an aromatic ring is 1. The fourth-order valence-corrected chi connectivity index (χ4v) is 13.1. The molecule has 4 atom stereocenters. The zero-order valence-corrected chi connectivity index (χ0v) is 55.8. The molecule has 508 valence electrons. The number of anilines is 4. The molecule has 3 aliphatic carbocycles. The second-order valence-electron chi connectivity index (χ2n) is 25.4. The standard InChI is InChI=1S/C19H20N4O3.C19H21N3O4.C17H18N4O3.C17H19N3O2/c1-10-6-9-15(18(25)20-10)23-11(2)21-13-4-3-5-14(16(13)19(23)26)22-17(24)12-7-8-12;1-11-7-8-15(16(23)9-11)22-12(2)20-13-5-4-6-14(18(13)19(22)25)21-17(24)10-26-3;1-9-7-8-14(16(23)18-9)21-10(2)19-12-5-4-6-13(20-11(3)22)15(12)17(21)24;1-10-7-8-17(3,14(21)9-10)20-11(2)19-13-6-4-5-12(18)15(13)16(20)22/h3-5,12,15H,1,6-9H2,2H3,(H,20,25)(H,22,24);4-6,15H,1,7-10H2,2-3H3,(H,21,24);4-6,14H,1,7-8H2,2-3H3,(H,18,23)(H,20,22);4-6H,1,7-9,18H2,2-3H3/t;;;17-/m...1/s1. The van der Waals surface area contributed by atoms with Gasteiger partial charge in [-0.15, -0.1) is 0 Å². The lowest BCUT2D eigenvalue weighted by Gasteiger charge is -2.35. The van der Waals surface area contributed by atoms with E-state index in [1.807, 2.05) is 6.92 Å². The van der Waals surface area contributed by atoms with Crippen LogP contribution in [0.4, 0.5) is 22.7 Å². The Kier molecular flexibility index (Phi) is 20.4. The number of amides is 5. The molecule has 5 aliphatic rings. The fraction of sp³-hybridized carbons (Fsp3) is 0.347. The number of ether oxygens (including phenoxy) is 1. The molecule has 3 unspecified atom stereocenters. The number of nitrogens with two attached hydrogens (primary N) is 1. The average Bonchev–Trinajstić information content (AvgIpc) is 0.958. The van der Waals surface area contributed by atoms with E-state index in [9.17, 15) is 52.7 Å². The molecule has 2 aliphatic heterocycles. The van der Waals surface area contributed by atoms with Crippen LogP contribution in [-0.2, 0) is 43.8 Å². The lowest BCUT2D eigenvalue weighted by atomic mass is 9.79. The number of allylic oxidation sites excluding steroid dienone is 4. The van der Waals surface area contributed by atoms with E-state index in [0.29, 0.717) is 152 Å². The van der Waals surface area contributed by atoms with Gasteiger partial charge in [-0.05, 0) is 147 Å². The van der Waals surface area contributed by atoms with Gasteiger partial charge in [-0.3, -0.25) is 71.0 Å². The van der Waals surface area contributed by atoms with E-state index in [2.05, 4.69) is 72.8 Å². The molecule has 5 amide bonds. The van der Waals surface area contributed by atoms with Crippen molar-refractivity contribution in [3.8, 4) is 0 Å². The molecule has 3 saturated carbocycles. The van der Waals surface area contributed by atoms with E-state index in [-0.39, 0.29) is 82.3 Å². The average molecular weight is 1330 g/mol. The third-order valence-corrected chi connectivity index (χ3v) is 18.1. The molecule has 26 heteroatoms. The van der Waals surface area contributed by atoms with E-state index in [1.165, 1.54) is 32.3 Å². The second kappa shape index (κ2) is 28.7. The third-order valence-electron chi connectivity index (χ3n) is 18.1. The lowest BCUT2D eigenvalue weighted by Crippen LogP contribution is -2.48. The molecule has 0 radical (unpaired) electrons. The maximum absolute atomic E-state index is 13.2. The molecule has 98 heavy (non-hydrogen) atoms. The highest BCUT2D eigenvalue weighted by Gasteiger charge is 2.41. The zero-order chi connectivity index (χ0) is 70.8. The number of nitrogens with one attached hydrogen (secondary N) is 5. The van der Waals surface area contributed by atoms with Gasteiger partial charge in [-0.25, -0.2) is 19.9 Å². The fourth-order valence-electron chi connectivity index (χ4n) is 13.1. The molecular weight excluding hydrogens is 1250 g/mol. The van der Waals surface area contributed by atoms with Gasteiger partial charge in [0, 0.05) is 49.9 Å². The van der Waals surface area contributed by atoms with Crippen LogP contribution < -0.4 is 54.6 Å². The maximum Gasteiger partial charge on any atom is 0.264 e. The van der Waals surface area contributed by atoms with Crippen molar-refractivity contribution < 1.29 is 38.3 Å². The van der Waals surface area contributed by atoms with Crippen molar-refractivity contribution in [2.24, 2.45) is 5.92 Å². The number of hydrogen-bond acceptors (Lipinski definition) is 17. The minimum Gasteiger partial charge on any atom is -0.398 e. The number of rotatable bonds is 10. The van der Waals surface area contributed by atoms with Crippen molar-refractivity contribution in [3.05, 3.63) is 186 Å². The van der Waals surface area contributed by atoms with Crippen LogP contribution in [-0.4, -0.2) is 93.0 Å². The smallest absolute Gasteiger partial charge is 0.264 e. The number of methoxy groups -OCH3 is 1. The molecule has 26 nitrogen and oxygen atoms in total. The number of Topliss-reactive ketones (excluding diaryl/α,β-unsaturated/α-hetero) is 2. The van der Waals surface area contributed by atoms with E-state index in [1.54, 1.807) is 100 Å². The first kappa shape index (κ1) is 69.7. The Morgan fingerprint density at radius 1 is 0.551 bits per heavy atom. The highest BCUT2D eigenvalue weighted by molar-refractivity contribution is 6.04. The minimum absolute atomic E-state index is 0.00426. The summed E-state index contributed by atoms with van der Waals surface area (Å²) in [5, 5.41) is 14.9. The number of carbonyl (C=O) groups is 7. The van der Waals surface area contributed by atoms with Crippen LogP contribution in [0.15, 0.2) is 141 Å². The van der Waals surface area contributed by atoms with E-state index in [4.69, 9.17) is 10.5 Å². The topological polar surface area (TPSA) is 354 Å². The van der Waals surface area contributed by atoms with E-state index in [0.717, 1.165) is 30.4 Å². The number of hydrogen-bond donors (Lipinski definition) is 6. The van der Waals surface area contributed by atoms with Crippen molar-refractivity contribution in [2.75, 3.05) is 35.4 Å². The highest BCUT2D eigenvalue weighted by atomic mass is 16.5. The Morgan fingerprint density at radius 2 is 0.980 bits per heavy atom. The largest absolute Gasteiger partial charge is 0.398 e. The second-order valence-corrected chi connectivity index (χ2v) is 25.4. The normalized spacial score (nSPS) is 19.3. The lowest BCUT2D eigenvalue weighted by molar-refractivity contribution is -0.128. The van der Waals surface area contributed by atoms with Crippen LogP contribution in [0.1, 0.15) is 132 Å². The number of nitrogens with zero attached hydrogens (tertiary/aromatic N) is 8. The number of aromatic nitrogens is 8. The molecule has 4 aromatic heterocycles. The van der Waals surface area contributed by atoms with Gasteiger partial charge >= 0.3 is 0 Å². The molecule has 0 spiro atoms. The number of carbonyl (C=O) groups excluding carboxylic acids is 7. The summed E-state index contributed by atoms with van der Waals surface area (Å²) >= 11 is 0. The third kappa shape index (κ3) is 14.4. The number of piperidine rings is 2. The molecule has 4 aromatic carbocycles. The van der Waals surface area contributed by atoms with Crippen LogP contribution in [0.25, 0.3) is 43.6 Å². The first-order chi connectivity index (χ1) is 46.6. The number of benzene rings is 4. The summed E-state index contributed by atoms with van der Waals surface area (Å²) in [6, 6.07) is 18.8. The van der Waals surface area contributed by atoms with Crippen LogP contribution in [0.5, 0.6) is 0 Å². The molecule has 6 heterocycles. The maximum atomic E-state index is 13.2. The molecule has 7 N–H and O–H groups in total. The minimum atomic E-state index is -0.883. The highest BCUT2D eigenvalue weighted by Crippen LogP contribution is 2.36. The summed E-state index contributed by atoms with van der Waals surface area (Å²) in [6.45, 7) is 25.2. The summed E-state index contributed by atoms with van der Waals surface area (Å²) < 4.78 is 10.6. The van der Waals surface area contributed by atoms with Gasteiger partial charge in [0.25, 0.3) is 22.2 Å². The van der Waals surface area contributed by atoms with Crippen LogP contribution in [0, 0.1) is 33.6 Å². The first-order valence-electron chi connectivity index (χ1n) is 32.2. The van der Waals surface area contributed by atoms with Crippen molar-refractivity contribution >= 4 is 107 Å².